The summed E-state index contributed by atoms with van der Waals surface area (Å²) in [7, 11) is 2.45. The second-order valence-corrected chi connectivity index (χ2v) is 5.02. The van der Waals surface area contributed by atoms with Crippen molar-refractivity contribution >= 4 is 35.1 Å². The van der Waals surface area contributed by atoms with Crippen molar-refractivity contribution in [3.05, 3.63) is 59.7 Å². The van der Waals surface area contributed by atoms with Crippen LogP contribution in [0.3, 0.4) is 0 Å². The van der Waals surface area contributed by atoms with Crippen molar-refractivity contribution in [1.82, 2.24) is 0 Å². The van der Waals surface area contributed by atoms with Crippen molar-refractivity contribution in [3.8, 4) is 0 Å². The number of ether oxygens (including phenoxy) is 2. The Balaban J connectivity index is 2.11. The molecule has 2 aromatic rings. The number of methoxy groups -OCH3 is 2. The van der Waals surface area contributed by atoms with Crippen LogP contribution in [-0.4, -0.2) is 38.0 Å². The van der Waals surface area contributed by atoms with E-state index in [1.165, 1.54) is 50.6 Å². The minimum atomic E-state index is -0.982. The fraction of sp³-hybridized carbons (Fsp3) is 0.111. The van der Waals surface area contributed by atoms with Crippen molar-refractivity contribution in [2.45, 2.75) is 0 Å². The average molecular weight is 356 g/mol. The SMILES string of the molecule is COC(=O)c1cccc(NC(=O)C(=O)Nc2ccccc2C(=O)OC)c1. The molecule has 2 aromatic carbocycles. The van der Waals surface area contributed by atoms with Gasteiger partial charge in [-0.1, -0.05) is 18.2 Å². The van der Waals surface area contributed by atoms with Gasteiger partial charge in [-0.2, -0.15) is 0 Å². The first-order valence-corrected chi connectivity index (χ1v) is 7.44. The lowest BCUT2D eigenvalue weighted by Gasteiger charge is -2.10. The van der Waals surface area contributed by atoms with E-state index in [0.717, 1.165) is 0 Å². The van der Waals surface area contributed by atoms with Gasteiger partial charge in [0.1, 0.15) is 0 Å². The van der Waals surface area contributed by atoms with Crippen molar-refractivity contribution in [3.63, 3.8) is 0 Å². The zero-order chi connectivity index (χ0) is 19.1. The first-order valence-electron chi connectivity index (χ1n) is 7.44. The van der Waals surface area contributed by atoms with Gasteiger partial charge in [-0.3, -0.25) is 9.59 Å². The molecule has 0 saturated heterocycles. The largest absolute Gasteiger partial charge is 0.465 e. The molecule has 0 saturated carbocycles. The lowest BCUT2D eigenvalue weighted by atomic mass is 10.1. The number of anilines is 2. The van der Waals surface area contributed by atoms with Crippen LogP contribution in [0.5, 0.6) is 0 Å². The smallest absolute Gasteiger partial charge is 0.339 e. The van der Waals surface area contributed by atoms with Gasteiger partial charge in [0.05, 0.1) is 31.0 Å². The summed E-state index contributed by atoms with van der Waals surface area (Å²) in [5.74, 6) is -3.17. The highest BCUT2D eigenvalue weighted by atomic mass is 16.5. The lowest BCUT2D eigenvalue weighted by molar-refractivity contribution is -0.133. The van der Waals surface area contributed by atoms with Crippen LogP contribution in [0, 0.1) is 0 Å². The van der Waals surface area contributed by atoms with Crippen LogP contribution >= 0.6 is 0 Å². The number of amides is 2. The summed E-state index contributed by atoms with van der Waals surface area (Å²) >= 11 is 0. The highest BCUT2D eigenvalue weighted by Crippen LogP contribution is 2.16. The number of nitrogens with one attached hydrogen (secondary N) is 2. The van der Waals surface area contributed by atoms with Crippen molar-refractivity contribution in [2.24, 2.45) is 0 Å². The van der Waals surface area contributed by atoms with E-state index in [0.29, 0.717) is 0 Å². The summed E-state index contributed by atoms with van der Waals surface area (Å²) in [6.07, 6.45) is 0. The monoisotopic (exact) mass is 356 g/mol. The molecule has 134 valence electrons. The fourth-order valence-corrected chi connectivity index (χ4v) is 2.09. The number of hydrogen-bond acceptors (Lipinski definition) is 6. The normalized spacial score (nSPS) is 9.77. The molecule has 0 atom stereocenters. The molecule has 0 fully saturated rings. The molecule has 2 rings (SSSR count). The highest BCUT2D eigenvalue weighted by molar-refractivity contribution is 6.44. The van der Waals surface area contributed by atoms with Crippen LogP contribution in [0.1, 0.15) is 20.7 Å². The quantitative estimate of drug-likeness (QED) is 0.639. The molecule has 26 heavy (non-hydrogen) atoms. The molecular weight excluding hydrogens is 340 g/mol. The number of esters is 2. The zero-order valence-corrected chi connectivity index (χ0v) is 14.1. The van der Waals surface area contributed by atoms with Gasteiger partial charge < -0.3 is 20.1 Å². The molecule has 0 aromatic heterocycles. The van der Waals surface area contributed by atoms with Crippen LogP contribution in [0.15, 0.2) is 48.5 Å². The molecule has 0 aliphatic rings. The van der Waals surface area contributed by atoms with Gasteiger partial charge in [-0.15, -0.1) is 0 Å². The second kappa shape index (κ2) is 8.43. The minimum Gasteiger partial charge on any atom is -0.465 e. The van der Waals surface area contributed by atoms with Crippen LogP contribution in [0.2, 0.25) is 0 Å². The zero-order valence-electron chi connectivity index (χ0n) is 14.1. The Bertz CT molecular complexity index is 862. The summed E-state index contributed by atoms with van der Waals surface area (Å²) in [5, 5.41) is 4.72. The van der Waals surface area contributed by atoms with Gasteiger partial charge in [-0.05, 0) is 30.3 Å². The Morgan fingerprint density at radius 1 is 0.769 bits per heavy atom. The molecule has 0 aliphatic carbocycles. The summed E-state index contributed by atoms with van der Waals surface area (Å²) in [6.45, 7) is 0. The maximum Gasteiger partial charge on any atom is 0.339 e. The average Bonchev–Trinajstić information content (AvgIpc) is 2.67. The Kier molecular flexibility index (Phi) is 6.05. The van der Waals surface area contributed by atoms with E-state index in [2.05, 4.69) is 20.1 Å². The fourth-order valence-electron chi connectivity index (χ4n) is 2.09. The third-order valence-corrected chi connectivity index (χ3v) is 3.33. The Morgan fingerprint density at radius 2 is 1.42 bits per heavy atom. The van der Waals surface area contributed by atoms with Crippen LogP contribution in [0.4, 0.5) is 11.4 Å². The standard InChI is InChI=1S/C18H16N2O6/c1-25-17(23)11-6-5-7-12(10-11)19-15(21)16(22)20-14-9-4-3-8-13(14)18(24)26-2/h3-10H,1-2H3,(H,19,21)(H,20,22). The molecule has 0 heterocycles. The van der Waals surface area contributed by atoms with Crippen molar-refractivity contribution in [2.75, 3.05) is 24.9 Å². The number of rotatable bonds is 4. The Hall–Kier alpha value is -3.68. The summed E-state index contributed by atoms with van der Waals surface area (Å²) in [6, 6.07) is 12.1. The summed E-state index contributed by atoms with van der Waals surface area (Å²) in [5.41, 5.74) is 0.725. The van der Waals surface area contributed by atoms with E-state index in [-0.39, 0.29) is 22.5 Å². The van der Waals surface area contributed by atoms with Crippen molar-refractivity contribution in [1.29, 1.82) is 0 Å². The number of carbonyl (C=O) groups is 4. The summed E-state index contributed by atoms with van der Waals surface area (Å²) < 4.78 is 9.22. The Labute approximate surface area is 149 Å². The van der Waals surface area contributed by atoms with Gasteiger partial charge in [0, 0.05) is 5.69 Å². The van der Waals surface area contributed by atoms with Gasteiger partial charge in [0.2, 0.25) is 0 Å². The van der Waals surface area contributed by atoms with E-state index in [9.17, 15) is 19.2 Å². The number of hydrogen-bond donors (Lipinski definition) is 2. The predicted octanol–water partition coefficient (Wildman–Crippen LogP) is 1.84. The molecule has 0 unspecified atom stereocenters. The molecule has 0 aliphatic heterocycles. The van der Waals surface area contributed by atoms with Gasteiger partial charge in [0.25, 0.3) is 0 Å². The van der Waals surface area contributed by atoms with E-state index in [4.69, 9.17) is 0 Å². The van der Waals surface area contributed by atoms with Gasteiger partial charge in [0.15, 0.2) is 0 Å². The molecule has 0 spiro atoms. The number of para-hydroxylation sites is 1. The second-order valence-electron chi connectivity index (χ2n) is 5.02. The van der Waals surface area contributed by atoms with Gasteiger partial charge in [-0.25, -0.2) is 9.59 Å². The predicted molar refractivity (Wildman–Crippen MR) is 92.8 cm³/mol. The molecule has 2 N–H and O–H groups in total. The van der Waals surface area contributed by atoms with Crippen LogP contribution < -0.4 is 10.6 Å². The maximum atomic E-state index is 12.1. The molecular formula is C18H16N2O6. The topological polar surface area (TPSA) is 111 Å². The molecule has 0 bridgehead atoms. The molecule has 8 nitrogen and oxygen atoms in total. The van der Waals surface area contributed by atoms with E-state index in [1.807, 2.05) is 0 Å². The first kappa shape index (κ1) is 18.7. The highest BCUT2D eigenvalue weighted by Gasteiger charge is 2.18. The van der Waals surface area contributed by atoms with E-state index >= 15 is 0 Å². The molecule has 0 radical (unpaired) electrons. The van der Waals surface area contributed by atoms with Crippen molar-refractivity contribution < 1.29 is 28.7 Å². The first-order chi connectivity index (χ1) is 12.5. The number of benzene rings is 2. The number of carbonyl (C=O) groups excluding carboxylic acids is 4. The lowest BCUT2D eigenvalue weighted by Crippen LogP contribution is -2.29. The molecule has 8 heteroatoms. The minimum absolute atomic E-state index is 0.115. The van der Waals surface area contributed by atoms with Crippen LogP contribution in [-0.2, 0) is 19.1 Å². The molecule has 2 amide bonds. The van der Waals surface area contributed by atoms with E-state index < -0.39 is 23.8 Å². The third kappa shape index (κ3) is 4.44. The maximum absolute atomic E-state index is 12.1. The Morgan fingerprint density at radius 3 is 2.12 bits per heavy atom. The van der Waals surface area contributed by atoms with Gasteiger partial charge >= 0.3 is 23.8 Å². The van der Waals surface area contributed by atoms with Crippen LogP contribution in [0.25, 0.3) is 0 Å². The van der Waals surface area contributed by atoms with E-state index in [1.54, 1.807) is 12.1 Å². The summed E-state index contributed by atoms with van der Waals surface area (Å²) in [4.78, 5) is 47.3. The third-order valence-electron chi connectivity index (χ3n) is 3.33.